The van der Waals surface area contributed by atoms with Crippen LogP contribution in [0, 0.1) is 11.2 Å². The molecule has 4 heterocycles. The van der Waals surface area contributed by atoms with Crippen LogP contribution in [0.1, 0.15) is 24.1 Å². The predicted molar refractivity (Wildman–Crippen MR) is 133 cm³/mol. The third-order valence-electron chi connectivity index (χ3n) is 7.54. The maximum Gasteiger partial charge on any atom is 0.244 e. The largest absolute Gasteiger partial charge is 0.354 e. The number of carbonyl (C=O) groups is 1. The number of pyridine rings is 1. The van der Waals surface area contributed by atoms with E-state index < -0.39 is 21.6 Å². The van der Waals surface area contributed by atoms with Gasteiger partial charge in [-0.2, -0.15) is 9.40 Å². The van der Waals surface area contributed by atoms with E-state index in [1.807, 2.05) is 6.08 Å². The molecule has 0 amide bonds. The minimum atomic E-state index is -3.90. The van der Waals surface area contributed by atoms with Crippen LogP contribution in [0.25, 0.3) is 11.8 Å². The maximum absolute atomic E-state index is 13.5. The Labute approximate surface area is 213 Å². The van der Waals surface area contributed by atoms with E-state index in [9.17, 15) is 22.0 Å². The third-order valence-corrected chi connectivity index (χ3v) is 9.37. The van der Waals surface area contributed by atoms with Crippen LogP contribution in [0.15, 0.2) is 59.3 Å². The number of anilines is 1. The highest BCUT2D eigenvalue weighted by molar-refractivity contribution is 7.89. The smallest absolute Gasteiger partial charge is 0.244 e. The van der Waals surface area contributed by atoms with Crippen LogP contribution in [0.2, 0.25) is 0 Å². The molecule has 2 unspecified atom stereocenters. The molecule has 0 radical (unpaired) electrons. The Balaban J connectivity index is 1.26. The van der Waals surface area contributed by atoms with Crippen LogP contribution in [0.5, 0.6) is 0 Å². The first kappa shape index (κ1) is 23.9. The molecule has 2 atom stereocenters. The Morgan fingerprint density at radius 3 is 2.57 bits per heavy atom. The van der Waals surface area contributed by atoms with E-state index in [1.54, 1.807) is 34.0 Å². The first-order valence-corrected chi connectivity index (χ1v) is 13.6. The molecule has 3 aromatic rings. The zero-order valence-electron chi connectivity index (χ0n) is 19.9. The second kappa shape index (κ2) is 8.84. The van der Waals surface area contributed by atoms with Crippen molar-refractivity contribution in [3.05, 3.63) is 71.4 Å². The number of sulfonamides is 1. The molecular weight excluding hydrogens is 500 g/mol. The lowest BCUT2D eigenvalue weighted by Gasteiger charge is -2.42. The normalized spacial score (nSPS) is 23.9. The fourth-order valence-electron chi connectivity index (χ4n) is 5.50. The Bertz CT molecular complexity index is 1490. The molecule has 2 fully saturated rings. The van der Waals surface area contributed by atoms with Crippen LogP contribution in [-0.2, 0) is 21.2 Å². The van der Waals surface area contributed by atoms with Gasteiger partial charge in [-0.25, -0.2) is 26.9 Å². The van der Waals surface area contributed by atoms with Crippen LogP contribution in [-0.4, -0.2) is 66.1 Å². The number of fused-ring (bicyclic) bond motifs is 2. The molecule has 3 aliphatic rings. The molecule has 1 aliphatic carbocycles. The van der Waals surface area contributed by atoms with Gasteiger partial charge in [0.15, 0.2) is 0 Å². The van der Waals surface area contributed by atoms with Gasteiger partial charge in [0.1, 0.15) is 29.0 Å². The summed E-state index contributed by atoms with van der Waals surface area (Å²) in [5.74, 6) is 0.205. The van der Waals surface area contributed by atoms with Gasteiger partial charge in [0.2, 0.25) is 10.0 Å². The van der Waals surface area contributed by atoms with E-state index in [0.717, 1.165) is 23.1 Å². The van der Waals surface area contributed by atoms with E-state index >= 15 is 0 Å². The predicted octanol–water partition coefficient (Wildman–Crippen LogP) is 3.17. The second-order valence-electron chi connectivity index (χ2n) is 9.84. The Morgan fingerprint density at radius 1 is 1.08 bits per heavy atom. The van der Waals surface area contributed by atoms with E-state index in [2.05, 4.69) is 10.1 Å². The fourth-order valence-corrected chi connectivity index (χ4v) is 6.95. The third kappa shape index (κ3) is 4.06. The molecule has 37 heavy (non-hydrogen) atoms. The SMILES string of the molecule is O=CC12Cc3cnn(-c4ccc(F)cc4)c3C=C1CCN(S(=O)(=O)c1ccc(N3CCC(F)C3)nc1)C2. The van der Waals surface area contributed by atoms with Gasteiger partial charge in [0.25, 0.3) is 0 Å². The van der Waals surface area contributed by atoms with Crippen molar-refractivity contribution in [3.8, 4) is 5.69 Å². The van der Waals surface area contributed by atoms with Gasteiger partial charge in [-0.05, 0) is 67.3 Å². The molecule has 192 valence electrons. The van der Waals surface area contributed by atoms with Crippen molar-refractivity contribution >= 4 is 28.2 Å². The van der Waals surface area contributed by atoms with Crippen molar-refractivity contribution in [3.63, 3.8) is 0 Å². The molecule has 2 aromatic heterocycles. The number of rotatable bonds is 5. The van der Waals surface area contributed by atoms with Gasteiger partial charge in [0.05, 0.1) is 29.5 Å². The number of benzene rings is 1. The van der Waals surface area contributed by atoms with Crippen molar-refractivity contribution in [1.29, 1.82) is 0 Å². The van der Waals surface area contributed by atoms with Crippen molar-refractivity contribution in [2.24, 2.45) is 5.41 Å². The summed E-state index contributed by atoms with van der Waals surface area (Å²) in [6, 6.07) is 9.10. The van der Waals surface area contributed by atoms with E-state index in [0.29, 0.717) is 37.3 Å². The van der Waals surface area contributed by atoms with Gasteiger partial charge in [-0.1, -0.05) is 5.57 Å². The van der Waals surface area contributed by atoms with Gasteiger partial charge < -0.3 is 9.69 Å². The molecular formula is C26H25F2N5O3S. The average Bonchev–Trinajstić information content (AvgIpc) is 3.53. The Kier molecular flexibility index (Phi) is 5.72. The van der Waals surface area contributed by atoms with Crippen molar-refractivity contribution in [2.75, 3.05) is 31.1 Å². The summed E-state index contributed by atoms with van der Waals surface area (Å²) in [7, 11) is -3.90. The number of nitrogens with zero attached hydrogens (tertiary/aromatic N) is 5. The zero-order chi connectivity index (χ0) is 25.8. The number of carbonyl (C=O) groups excluding carboxylic acids is 1. The monoisotopic (exact) mass is 525 g/mol. The Morgan fingerprint density at radius 2 is 1.89 bits per heavy atom. The minimum Gasteiger partial charge on any atom is -0.354 e. The number of alkyl halides is 1. The summed E-state index contributed by atoms with van der Waals surface area (Å²) in [5.41, 5.74) is 2.20. The van der Waals surface area contributed by atoms with Crippen molar-refractivity contribution in [2.45, 2.75) is 30.3 Å². The summed E-state index contributed by atoms with van der Waals surface area (Å²) in [6.07, 6.45) is 5.99. The number of hydrogen-bond donors (Lipinski definition) is 0. The lowest BCUT2D eigenvalue weighted by atomic mass is 9.70. The molecule has 0 bridgehead atoms. The molecule has 0 N–H and O–H groups in total. The number of hydrogen-bond acceptors (Lipinski definition) is 6. The van der Waals surface area contributed by atoms with Crippen LogP contribution < -0.4 is 4.90 Å². The Hall–Kier alpha value is -3.44. The van der Waals surface area contributed by atoms with E-state index in [4.69, 9.17) is 0 Å². The summed E-state index contributed by atoms with van der Waals surface area (Å²) < 4.78 is 57.0. The highest BCUT2D eigenvalue weighted by Gasteiger charge is 2.46. The molecule has 2 aliphatic heterocycles. The van der Waals surface area contributed by atoms with E-state index in [-0.39, 0.29) is 30.3 Å². The highest BCUT2D eigenvalue weighted by Crippen LogP contribution is 2.44. The quantitative estimate of drug-likeness (QED) is 0.476. The summed E-state index contributed by atoms with van der Waals surface area (Å²) in [4.78, 5) is 18.6. The highest BCUT2D eigenvalue weighted by atomic mass is 32.2. The minimum absolute atomic E-state index is 0.0171. The second-order valence-corrected chi connectivity index (χ2v) is 11.8. The van der Waals surface area contributed by atoms with Gasteiger partial charge >= 0.3 is 0 Å². The number of aromatic nitrogens is 3. The molecule has 0 saturated carbocycles. The number of aldehydes is 1. The molecule has 6 rings (SSSR count). The average molecular weight is 526 g/mol. The molecule has 8 nitrogen and oxygen atoms in total. The number of piperidine rings is 1. The van der Waals surface area contributed by atoms with Gasteiger partial charge in [-0.15, -0.1) is 0 Å². The van der Waals surface area contributed by atoms with Crippen LogP contribution in [0.3, 0.4) is 0 Å². The summed E-state index contributed by atoms with van der Waals surface area (Å²) in [6.45, 7) is 1.04. The molecule has 0 spiro atoms. The molecule has 1 aromatic carbocycles. The summed E-state index contributed by atoms with van der Waals surface area (Å²) >= 11 is 0. The first-order chi connectivity index (χ1) is 17.8. The van der Waals surface area contributed by atoms with E-state index in [1.165, 1.54) is 28.7 Å². The standard InChI is InChI=1S/C26H25F2N5O3S/c27-20-1-3-22(4-2-20)33-24-11-19-7-10-32(16-26(19,17-34)12-18(24)13-30-33)37(35,36)23-5-6-25(29-14-23)31-9-8-21(28)15-31/h1-6,11,13-14,17,21H,7-10,12,15-16H2. The molecule has 11 heteroatoms. The van der Waals surface area contributed by atoms with Crippen LogP contribution >= 0.6 is 0 Å². The van der Waals surface area contributed by atoms with Crippen molar-refractivity contribution < 1.29 is 22.0 Å². The topological polar surface area (TPSA) is 88.4 Å². The lowest BCUT2D eigenvalue weighted by molar-refractivity contribution is -0.115. The fraction of sp³-hybridized carbons (Fsp3) is 0.346. The number of halogens is 2. The van der Waals surface area contributed by atoms with Crippen molar-refractivity contribution in [1.82, 2.24) is 19.1 Å². The maximum atomic E-state index is 13.5. The van der Waals surface area contributed by atoms with Crippen LogP contribution in [0.4, 0.5) is 14.6 Å². The molecule has 2 saturated heterocycles. The first-order valence-electron chi connectivity index (χ1n) is 12.1. The zero-order valence-corrected chi connectivity index (χ0v) is 20.7. The van der Waals surface area contributed by atoms with Gasteiger partial charge in [0, 0.05) is 25.8 Å². The van der Waals surface area contributed by atoms with Gasteiger partial charge in [-0.3, -0.25) is 0 Å². The lowest BCUT2D eigenvalue weighted by Crippen LogP contribution is -2.50. The summed E-state index contributed by atoms with van der Waals surface area (Å²) in [5, 5.41) is 4.45.